The Kier molecular flexibility index (Phi) is 5.21. The van der Waals surface area contributed by atoms with Crippen LogP contribution in [0.15, 0.2) is 53.1 Å². The number of fused-ring (bicyclic) bond motifs is 1. The Morgan fingerprint density at radius 2 is 1.77 bits per heavy atom. The van der Waals surface area contributed by atoms with Crippen LogP contribution >= 0.6 is 0 Å². The fraction of sp³-hybridized carbons (Fsp3) is 0.200. The lowest BCUT2D eigenvalue weighted by Gasteiger charge is -2.18. The van der Waals surface area contributed by atoms with Gasteiger partial charge < -0.3 is 24.1 Å². The Hall–Kier alpha value is -3.69. The van der Waals surface area contributed by atoms with Gasteiger partial charge in [-0.3, -0.25) is 4.79 Å². The number of anilines is 1. The standard InChI is InChI=1S/C20H15F3N2O5/c21-20(22,23)29-15-4-2-13(3-5-15)24-19(26)11-14-10-17(30-25-14)12-1-6-16-18(9-12)28-8-7-27-16/h1-6,9-10H,7-8,11H2,(H,24,26). The van der Waals surface area contributed by atoms with Gasteiger partial charge in [0.1, 0.15) is 19.0 Å². The van der Waals surface area contributed by atoms with Crippen LogP contribution in [0.1, 0.15) is 5.69 Å². The maximum atomic E-state index is 12.2. The van der Waals surface area contributed by atoms with Gasteiger partial charge in [0.05, 0.1) is 12.1 Å². The van der Waals surface area contributed by atoms with Crippen LogP contribution in [0.2, 0.25) is 0 Å². The Balaban J connectivity index is 1.37. The predicted molar refractivity (Wildman–Crippen MR) is 98.4 cm³/mol. The number of amides is 1. The van der Waals surface area contributed by atoms with E-state index in [2.05, 4.69) is 15.2 Å². The molecule has 1 aliphatic rings. The van der Waals surface area contributed by atoms with Crippen LogP contribution in [-0.4, -0.2) is 30.6 Å². The van der Waals surface area contributed by atoms with E-state index in [1.165, 1.54) is 12.1 Å². The molecule has 1 amide bonds. The molecule has 10 heteroatoms. The zero-order chi connectivity index (χ0) is 21.1. The normalized spacial score (nSPS) is 13.0. The van der Waals surface area contributed by atoms with Crippen LogP contribution in [0.4, 0.5) is 18.9 Å². The van der Waals surface area contributed by atoms with Gasteiger partial charge in [-0.05, 0) is 42.5 Å². The molecule has 0 radical (unpaired) electrons. The minimum atomic E-state index is -4.77. The van der Waals surface area contributed by atoms with Crippen LogP contribution in [0.25, 0.3) is 11.3 Å². The molecule has 0 atom stereocenters. The van der Waals surface area contributed by atoms with E-state index in [0.717, 1.165) is 17.7 Å². The van der Waals surface area contributed by atoms with Crippen molar-refractivity contribution in [1.29, 1.82) is 0 Å². The Bertz CT molecular complexity index is 1050. The molecule has 0 fully saturated rings. The van der Waals surface area contributed by atoms with Gasteiger partial charge >= 0.3 is 6.36 Å². The van der Waals surface area contributed by atoms with Crippen molar-refractivity contribution >= 4 is 11.6 Å². The number of hydrogen-bond acceptors (Lipinski definition) is 6. The van der Waals surface area contributed by atoms with Crippen LogP contribution in [0.5, 0.6) is 17.2 Å². The van der Waals surface area contributed by atoms with Crippen LogP contribution < -0.4 is 19.5 Å². The van der Waals surface area contributed by atoms with Crippen LogP contribution in [0.3, 0.4) is 0 Å². The molecule has 0 unspecified atom stereocenters. The molecule has 30 heavy (non-hydrogen) atoms. The molecule has 3 aromatic rings. The van der Waals surface area contributed by atoms with E-state index in [9.17, 15) is 18.0 Å². The minimum Gasteiger partial charge on any atom is -0.486 e. The summed E-state index contributed by atoms with van der Waals surface area (Å²) in [6.45, 7) is 0.952. The van der Waals surface area contributed by atoms with Crippen molar-refractivity contribution in [3.63, 3.8) is 0 Å². The molecule has 0 saturated carbocycles. The third-order valence-corrected chi connectivity index (χ3v) is 4.10. The molecule has 7 nitrogen and oxygen atoms in total. The summed E-state index contributed by atoms with van der Waals surface area (Å²) in [5, 5.41) is 6.46. The van der Waals surface area contributed by atoms with Gasteiger partial charge in [0.2, 0.25) is 5.91 Å². The first-order valence-electron chi connectivity index (χ1n) is 8.87. The SMILES string of the molecule is O=C(Cc1cc(-c2ccc3c(c2)OCCO3)on1)Nc1ccc(OC(F)(F)F)cc1. The lowest BCUT2D eigenvalue weighted by molar-refractivity contribution is -0.274. The topological polar surface area (TPSA) is 82.8 Å². The molecule has 2 aromatic carbocycles. The first-order chi connectivity index (χ1) is 14.4. The summed E-state index contributed by atoms with van der Waals surface area (Å²) in [5.41, 5.74) is 1.44. The van der Waals surface area contributed by atoms with Gasteiger partial charge in [-0.25, -0.2) is 0 Å². The lowest BCUT2D eigenvalue weighted by Crippen LogP contribution is -2.17. The minimum absolute atomic E-state index is 0.0745. The third-order valence-electron chi connectivity index (χ3n) is 4.10. The highest BCUT2D eigenvalue weighted by atomic mass is 19.4. The molecule has 0 saturated heterocycles. The summed E-state index contributed by atoms with van der Waals surface area (Å²) in [7, 11) is 0. The second-order valence-corrected chi connectivity index (χ2v) is 6.34. The zero-order valence-electron chi connectivity index (χ0n) is 15.4. The van der Waals surface area contributed by atoms with Gasteiger partial charge in [0.25, 0.3) is 0 Å². The summed E-state index contributed by atoms with van der Waals surface area (Å²) in [5.74, 6) is 0.939. The molecule has 0 spiro atoms. The van der Waals surface area contributed by atoms with Crippen molar-refractivity contribution < 1.29 is 36.7 Å². The number of rotatable bonds is 5. The number of carbonyl (C=O) groups is 1. The average Bonchev–Trinajstić information content (AvgIpc) is 3.16. The molecular formula is C20H15F3N2O5. The average molecular weight is 420 g/mol. The van der Waals surface area contributed by atoms with E-state index < -0.39 is 12.3 Å². The quantitative estimate of drug-likeness (QED) is 0.667. The first kappa shape index (κ1) is 19.6. The molecule has 156 valence electrons. The van der Waals surface area contributed by atoms with Crippen molar-refractivity contribution in [3.8, 4) is 28.6 Å². The van der Waals surface area contributed by atoms with Gasteiger partial charge in [0, 0.05) is 17.3 Å². The molecule has 2 heterocycles. The number of hydrogen-bond donors (Lipinski definition) is 1. The fourth-order valence-corrected chi connectivity index (χ4v) is 2.84. The Morgan fingerprint density at radius 3 is 2.50 bits per heavy atom. The molecule has 0 bridgehead atoms. The summed E-state index contributed by atoms with van der Waals surface area (Å²) < 4.78 is 56.6. The maximum Gasteiger partial charge on any atom is 0.573 e. The van der Waals surface area contributed by atoms with Crippen molar-refractivity contribution in [2.45, 2.75) is 12.8 Å². The highest BCUT2D eigenvalue weighted by Crippen LogP contribution is 2.34. The van der Waals surface area contributed by atoms with Crippen molar-refractivity contribution in [2.24, 2.45) is 0 Å². The predicted octanol–water partition coefficient (Wildman–Crippen LogP) is 4.19. The van der Waals surface area contributed by atoms with Crippen LogP contribution in [0, 0.1) is 0 Å². The number of halogens is 3. The molecule has 0 aliphatic carbocycles. The van der Waals surface area contributed by atoms with Crippen molar-refractivity contribution in [2.75, 3.05) is 18.5 Å². The van der Waals surface area contributed by atoms with E-state index in [0.29, 0.717) is 41.9 Å². The molecular weight excluding hydrogens is 405 g/mol. The van der Waals surface area contributed by atoms with Crippen molar-refractivity contribution in [3.05, 3.63) is 54.2 Å². The van der Waals surface area contributed by atoms with Crippen LogP contribution in [-0.2, 0) is 11.2 Å². The van der Waals surface area contributed by atoms with E-state index >= 15 is 0 Å². The lowest BCUT2D eigenvalue weighted by atomic mass is 10.1. The summed E-state index contributed by atoms with van der Waals surface area (Å²) in [4.78, 5) is 12.2. The first-order valence-corrected chi connectivity index (χ1v) is 8.87. The Labute approximate surface area is 168 Å². The summed E-state index contributed by atoms with van der Waals surface area (Å²) >= 11 is 0. The molecule has 1 N–H and O–H groups in total. The highest BCUT2D eigenvalue weighted by Gasteiger charge is 2.31. The van der Waals surface area contributed by atoms with E-state index in [1.807, 2.05) is 0 Å². The maximum absolute atomic E-state index is 12.2. The number of nitrogens with one attached hydrogen (secondary N) is 1. The summed E-state index contributed by atoms with van der Waals surface area (Å²) in [6.07, 6.45) is -4.85. The zero-order valence-corrected chi connectivity index (χ0v) is 15.4. The monoisotopic (exact) mass is 420 g/mol. The smallest absolute Gasteiger partial charge is 0.486 e. The number of benzene rings is 2. The third kappa shape index (κ3) is 4.83. The number of ether oxygens (including phenoxy) is 3. The van der Waals surface area contributed by atoms with Crippen molar-refractivity contribution in [1.82, 2.24) is 5.16 Å². The van der Waals surface area contributed by atoms with E-state index in [1.54, 1.807) is 24.3 Å². The largest absolute Gasteiger partial charge is 0.573 e. The number of carbonyl (C=O) groups excluding carboxylic acids is 1. The second kappa shape index (κ2) is 7.97. The number of alkyl halides is 3. The highest BCUT2D eigenvalue weighted by molar-refractivity contribution is 5.92. The molecule has 4 rings (SSSR count). The number of aromatic nitrogens is 1. The van der Waals surface area contributed by atoms with E-state index in [-0.39, 0.29) is 12.2 Å². The van der Waals surface area contributed by atoms with Gasteiger partial charge in [0.15, 0.2) is 17.3 Å². The van der Waals surface area contributed by atoms with Gasteiger partial charge in [-0.1, -0.05) is 5.16 Å². The summed E-state index contributed by atoms with van der Waals surface area (Å²) in [6, 6.07) is 11.8. The fourth-order valence-electron chi connectivity index (χ4n) is 2.84. The van der Waals surface area contributed by atoms with E-state index in [4.69, 9.17) is 14.0 Å². The molecule has 1 aliphatic heterocycles. The van der Waals surface area contributed by atoms with Gasteiger partial charge in [-0.2, -0.15) is 0 Å². The number of nitrogens with zero attached hydrogens (tertiary/aromatic N) is 1. The van der Waals surface area contributed by atoms with Gasteiger partial charge in [-0.15, -0.1) is 13.2 Å². The molecule has 1 aromatic heterocycles. The Morgan fingerprint density at radius 1 is 1.03 bits per heavy atom. The second-order valence-electron chi connectivity index (χ2n) is 6.34.